The molecule has 0 saturated heterocycles. The molecule has 9 aromatic rings. The van der Waals surface area contributed by atoms with Crippen molar-refractivity contribution in [1.29, 1.82) is 0 Å². The number of fused-ring (bicyclic) bond motifs is 5. The second-order valence-corrected chi connectivity index (χ2v) is 15.4. The van der Waals surface area contributed by atoms with Gasteiger partial charge >= 0.3 is 0 Å². The molecule has 0 saturated carbocycles. The summed E-state index contributed by atoms with van der Waals surface area (Å²) >= 11 is 0. The monoisotopic (exact) mass is 672 g/mol. The molecule has 4 heteroatoms. The van der Waals surface area contributed by atoms with Crippen molar-refractivity contribution in [2.45, 2.75) is 0 Å². The summed E-state index contributed by atoms with van der Waals surface area (Å²) in [5.74, 6) is 0. The highest BCUT2D eigenvalue weighted by Crippen LogP contribution is 2.48. The Morgan fingerprint density at radius 1 is 0.431 bits per heavy atom. The molecular weight excluding hydrogens is 640 g/mol. The van der Waals surface area contributed by atoms with Crippen LogP contribution in [0, 0.1) is 0 Å². The maximum atomic E-state index is 16.0. The Morgan fingerprint density at radius 2 is 0.902 bits per heavy atom. The fourth-order valence-corrected chi connectivity index (χ4v) is 10.3. The van der Waals surface area contributed by atoms with Crippen molar-refractivity contribution in [3.05, 3.63) is 200 Å². The van der Waals surface area contributed by atoms with Gasteiger partial charge in [0.05, 0.1) is 16.9 Å². The van der Waals surface area contributed by atoms with Gasteiger partial charge in [-0.05, 0) is 47.2 Å². The highest BCUT2D eigenvalue weighted by molar-refractivity contribution is 7.85. The van der Waals surface area contributed by atoms with E-state index in [0.29, 0.717) is 0 Å². The predicted octanol–water partition coefficient (Wildman–Crippen LogP) is 11.3. The van der Waals surface area contributed by atoms with E-state index in [0.717, 1.165) is 76.7 Å². The maximum absolute atomic E-state index is 16.0. The van der Waals surface area contributed by atoms with Gasteiger partial charge in [-0.3, -0.25) is 0 Å². The fourth-order valence-electron chi connectivity index (χ4n) is 7.40. The maximum Gasteiger partial charge on any atom is 0.171 e. The van der Waals surface area contributed by atoms with Crippen LogP contribution in [0.5, 0.6) is 0 Å². The van der Waals surface area contributed by atoms with Gasteiger partial charge in [0.2, 0.25) is 0 Å². The summed E-state index contributed by atoms with van der Waals surface area (Å²) in [6.45, 7) is 0. The smallest absolute Gasteiger partial charge is 0.171 e. The first-order valence-electron chi connectivity index (χ1n) is 17.2. The number of hydrogen-bond acceptors (Lipinski definition) is 3. The zero-order chi connectivity index (χ0) is 34.2. The molecule has 0 aliphatic carbocycles. The van der Waals surface area contributed by atoms with Crippen LogP contribution in [-0.2, 0) is 4.57 Å². The van der Waals surface area contributed by atoms with Gasteiger partial charge in [-0.15, -0.1) is 0 Å². The highest BCUT2D eigenvalue weighted by atomic mass is 31.2. The number of pyridine rings is 1. The van der Waals surface area contributed by atoms with Gasteiger partial charge in [0.1, 0.15) is 0 Å². The Bertz CT molecular complexity index is 2620. The van der Waals surface area contributed by atoms with Crippen LogP contribution in [0.1, 0.15) is 0 Å². The summed E-state index contributed by atoms with van der Waals surface area (Å²) in [7, 11) is -3.34. The largest absolute Gasteiger partial charge is 0.309 e. The lowest BCUT2D eigenvalue weighted by atomic mass is 9.94. The van der Waals surface area contributed by atoms with Crippen molar-refractivity contribution >= 4 is 72.6 Å². The Balaban J connectivity index is 1.45. The average Bonchev–Trinajstić information content (AvgIpc) is 3.22. The highest BCUT2D eigenvalue weighted by Gasteiger charge is 2.33. The van der Waals surface area contributed by atoms with Gasteiger partial charge in [0.15, 0.2) is 7.14 Å². The minimum atomic E-state index is -3.34. The van der Waals surface area contributed by atoms with Crippen LogP contribution < -0.4 is 20.8 Å². The lowest BCUT2D eigenvalue weighted by Gasteiger charge is -2.27. The molecule has 0 radical (unpaired) electrons. The third kappa shape index (κ3) is 5.22. The summed E-state index contributed by atoms with van der Waals surface area (Å²) in [6, 6.07) is 68.2. The number of nitrogens with zero attached hydrogens (tertiary/aromatic N) is 2. The minimum Gasteiger partial charge on any atom is -0.309 e. The summed E-state index contributed by atoms with van der Waals surface area (Å²) < 4.78 is 16.0. The Morgan fingerprint density at radius 3 is 1.47 bits per heavy atom. The number of rotatable bonds is 7. The SMILES string of the molecule is O=P(c1ccccc1)(c1ccccc1)c1cc2c(-c3ccccc3)nc3c(N(c4ccccc4)c4ccccc4)cccc3c2c2ccccc12. The van der Waals surface area contributed by atoms with E-state index in [4.69, 9.17) is 4.98 Å². The Hall–Kier alpha value is -6.28. The molecule has 51 heavy (non-hydrogen) atoms. The first kappa shape index (κ1) is 30.8. The van der Waals surface area contributed by atoms with Gasteiger partial charge in [-0.25, -0.2) is 4.98 Å². The van der Waals surface area contributed by atoms with E-state index in [-0.39, 0.29) is 0 Å². The van der Waals surface area contributed by atoms with E-state index in [1.807, 2.05) is 78.9 Å². The zero-order valence-electron chi connectivity index (χ0n) is 27.8. The molecule has 0 aliphatic rings. The van der Waals surface area contributed by atoms with E-state index in [9.17, 15) is 0 Å². The van der Waals surface area contributed by atoms with Crippen LogP contribution in [-0.4, -0.2) is 4.98 Å². The summed E-state index contributed by atoms with van der Waals surface area (Å²) in [4.78, 5) is 7.87. The van der Waals surface area contributed by atoms with Gasteiger partial charge in [0.25, 0.3) is 0 Å². The molecule has 0 N–H and O–H groups in total. The third-order valence-electron chi connectivity index (χ3n) is 9.68. The van der Waals surface area contributed by atoms with Gasteiger partial charge in [-0.1, -0.05) is 164 Å². The predicted molar refractivity (Wildman–Crippen MR) is 216 cm³/mol. The van der Waals surface area contributed by atoms with Crippen LogP contribution in [0.2, 0.25) is 0 Å². The van der Waals surface area contributed by atoms with E-state index in [1.54, 1.807) is 0 Å². The molecule has 0 bridgehead atoms. The van der Waals surface area contributed by atoms with E-state index < -0.39 is 7.14 Å². The topological polar surface area (TPSA) is 33.2 Å². The van der Waals surface area contributed by atoms with Crippen LogP contribution in [0.3, 0.4) is 0 Å². The second-order valence-electron chi connectivity index (χ2n) is 12.7. The molecule has 0 aliphatic heterocycles. The van der Waals surface area contributed by atoms with Crippen molar-refractivity contribution in [3.63, 3.8) is 0 Å². The van der Waals surface area contributed by atoms with Crippen LogP contribution in [0.4, 0.5) is 17.1 Å². The van der Waals surface area contributed by atoms with Crippen LogP contribution >= 0.6 is 7.14 Å². The summed E-state index contributed by atoms with van der Waals surface area (Å²) in [5.41, 5.74) is 5.82. The minimum absolute atomic E-state index is 0.805. The molecule has 0 fully saturated rings. The summed E-state index contributed by atoms with van der Waals surface area (Å²) in [6.07, 6.45) is 0. The van der Waals surface area contributed by atoms with Crippen molar-refractivity contribution in [3.8, 4) is 11.3 Å². The first-order chi connectivity index (χ1) is 25.2. The lowest BCUT2D eigenvalue weighted by Crippen LogP contribution is -2.25. The second kappa shape index (κ2) is 12.9. The normalized spacial score (nSPS) is 11.6. The number of aromatic nitrogens is 1. The van der Waals surface area contributed by atoms with Crippen molar-refractivity contribution in [2.24, 2.45) is 0 Å². The van der Waals surface area contributed by atoms with E-state index in [1.165, 1.54) is 0 Å². The fraction of sp³-hybridized carbons (Fsp3) is 0. The van der Waals surface area contributed by atoms with Gasteiger partial charge in [0, 0.05) is 49.0 Å². The van der Waals surface area contributed by atoms with Crippen molar-refractivity contribution in [2.75, 3.05) is 4.90 Å². The molecule has 9 rings (SSSR count). The van der Waals surface area contributed by atoms with Crippen molar-refractivity contribution in [1.82, 2.24) is 4.98 Å². The lowest BCUT2D eigenvalue weighted by molar-refractivity contribution is 0.592. The van der Waals surface area contributed by atoms with E-state index in [2.05, 4.69) is 126 Å². The first-order valence-corrected chi connectivity index (χ1v) is 18.9. The van der Waals surface area contributed by atoms with E-state index >= 15 is 4.57 Å². The third-order valence-corrected chi connectivity index (χ3v) is 12.8. The molecule has 3 nitrogen and oxygen atoms in total. The molecule has 1 heterocycles. The summed E-state index contributed by atoms with van der Waals surface area (Å²) in [5, 5.41) is 7.54. The average molecular weight is 673 g/mol. The molecular formula is C47H33N2OP. The zero-order valence-corrected chi connectivity index (χ0v) is 28.7. The molecule has 1 aromatic heterocycles. The molecule has 0 unspecified atom stereocenters. The molecule has 0 atom stereocenters. The Kier molecular flexibility index (Phi) is 7.76. The number of hydrogen-bond donors (Lipinski definition) is 0. The quantitative estimate of drug-likeness (QED) is 0.125. The molecule has 8 aromatic carbocycles. The van der Waals surface area contributed by atoms with Crippen molar-refractivity contribution < 1.29 is 4.57 Å². The Labute approximate surface area is 297 Å². The van der Waals surface area contributed by atoms with Gasteiger partial charge in [-0.2, -0.15) is 0 Å². The van der Waals surface area contributed by atoms with Crippen LogP contribution in [0.25, 0.3) is 43.7 Å². The van der Waals surface area contributed by atoms with Crippen LogP contribution in [0.15, 0.2) is 200 Å². The molecule has 0 spiro atoms. The molecule has 242 valence electrons. The molecule has 0 amide bonds. The standard InChI is InChI=1S/C47H33N2OP/c50-51(37-25-12-4-13-26-37,38-27-14-5-15-28-38)44-33-42-45(40-30-17-16-29-39(40)44)41-31-18-32-43(47(41)48-46(42)34-19-6-1-7-20-34)49(35-21-8-2-9-22-35)36-23-10-3-11-24-36/h1-33H. The number of benzene rings is 8. The number of para-hydroxylation sites is 3. The number of anilines is 3. The van der Waals surface area contributed by atoms with Gasteiger partial charge < -0.3 is 9.46 Å².